The number of rotatable bonds is 5. The van der Waals surface area contributed by atoms with Gasteiger partial charge >= 0.3 is 0 Å². The monoisotopic (exact) mass is 188 g/mol. The zero-order chi connectivity index (χ0) is 9.56. The first kappa shape index (κ1) is 11.4. The van der Waals surface area contributed by atoms with Gasteiger partial charge < -0.3 is 10.6 Å². The molecule has 2 N–H and O–H groups in total. The summed E-state index contributed by atoms with van der Waals surface area (Å²) in [5, 5.41) is 0. The van der Waals surface area contributed by atoms with Gasteiger partial charge in [0.25, 0.3) is 0 Å². The van der Waals surface area contributed by atoms with Crippen LogP contribution in [0.25, 0.3) is 0 Å². The van der Waals surface area contributed by atoms with Gasteiger partial charge in [-0.15, -0.1) is 0 Å². The summed E-state index contributed by atoms with van der Waals surface area (Å²) >= 11 is 4.72. The number of hydrogen-bond donors (Lipinski definition) is 1. The summed E-state index contributed by atoms with van der Waals surface area (Å²) in [6, 6.07) is 0. The van der Waals surface area contributed by atoms with E-state index < -0.39 is 0 Å². The van der Waals surface area contributed by atoms with Crippen molar-refractivity contribution in [1.82, 2.24) is 4.90 Å². The lowest BCUT2D eigenvalue weighted by Gasteiger charge is -2.19. The molecular weight excluding hydrogens is 172 g/mol. The highest BCUT2D eigenvalue weighted by molar-refractivity contribution is 7.80. The third-order valence-electron chi connectivity index (χ3n) is 1.57. The molecular formula is C8H16N2OS. The number of carbonyl (C=O) groups excluding carboxylic acids is 1. The first-order chi connectivity index (χ1) is 5.57. The third-order valence-corrected chi connectivity index (χ3v) is 1.77. The Hall–Kier alpha value is -0.640. The minimum Gasteiger partial charge on any atom is -0.393 e. The molecule has 0 aliphatic carbocycles. The minimum atomic E-state index is 0.0908. The van der Waals surface area contributed by atoms with Gasteiger partial charge in [0.15, 0.2) is 0 Å². The molecule has 0 atom stereocenters. The second-order valence-electron chi connectivity index (χ2n) is 2.72. The maximum atomic E-state index is 11.0. The van der Waals surface area contributed by atoms with E-state index in [1.165, 1.54) is 0 Å². The van der Waals surface area contributed by atoms with Gasteiger partial charge in [0, 0.05) is 26.4 Å². The van der Waals surface area contributed by atoms with E-state index in [2.05, 4.69) is 0 Å². The van der Waals surface area contributed by atoms with Gasteiger partial charge in [0.05, 0.1) is 4.99 Å². The first-order valence-electron chi connectivity index (χ1n) is 4.11. The van der Waals surface area contributed by atoms with Crippen molar-refractivity contribution in [2.75, 3.05) is 13.1 Å². The van der Waals surface area contributed by atoms with Crippen LogP contribution in [0.2, 0.25) is 0 Å². The average molecular weight is 188 g/mol. The van der Waals surface area contributed by atoms with Crippen molar-refractivity contribution >= 4 is 23.1 Å². The average Bonchev–Trinajstić information content (AvgIpc) is 1.96. The van der Waals surface area contributed by atoms with Crippen LogP contribution >= 0.6 is 12.2 Å². The molecule has 0 aliphatic heterocycles. The predicted molar refractivity (Wildman–Crippen MR) is 53.9 cm³/mol. The molecule has 0 unspecified atom stereocenters. The highest BCUT2D eigenvalue weighted by Gasteiger charge is 2.06. The molecule has 0 bridgehead atoms. The van der Waals surface area contributed by atoms with E-state index in [9.17, 15) is 4.79 Å². The normalized spacial score (nSPS) is 9.50. The summed E-state index contributed by atoms with van der Waals surface area (Å²) in [5.74, 6) is 0.0908. The third kappa shape index (κ3) is 5.07. The van der Waals surface area contributed by atoms with Crippen LogP contribution < -0.4 is 5.73 Å². The fourth-order valence-corrected chi connectivity index (χ4v) is 1.03. The van der Waals surface area contributed by atoms with Crippen molar-refractivity contribution in [3.05, 3.63) is 0 Å². The zero-order valence-corrected chi connectivity index (χ0v) is 8.49. The molecule has 70 valence electrons. The summed E-state index contributed by atoms with van der Waals surface area (Å²) in [6.45, 7) is 5.04. The van der Waals surface area contributed by atoms with Crippen molar-refractivity contribution in [3.8, 4) is 0 Å². The van der Waals surface area contributed by atoms with Crippen LogP contribution in [0.3, 0.4) is 0 Å². The predicted octanol–water partition coefficient (Wildman–Crippen LogP) is 0.921. The summed E-state index contributed by atoms with van der Waals surface area (Å²) in [6.07, 6.45) is 1.59. The molecule has 0 aromatic carbocycles. The van der Waals surface area contributed by atoms with Gasteiger partial charge in [0.2, 0.25) is 5.91 Å². The molecule has 0 spiro atoms. The highest BCUT2D eigenvalue weighted by atomic mass is 32.1. The molecule has 0 heterocycles. The Morgan fingerprint density at radius 2 is 2.08 bits per heavy atom. The van der Waals surface area contributed by atoms with E-state index >= 15 is 0 Å². The maximum Gasteiger partial charge on any atom is 0.219 e. The number of nitrogens with two attached hydrogens (primary N) is 1. The molecule has 0 saturated carbocycles. The largest absolute Gasteiger partial charge is 0.393 e. The molecule has 1 amide bonds. The fraction of sp³-hybridized carbons (Fsp3) is 0.750. The minimum absolute atomic E-state index is 0.0908. The molecule has 0 saturated heterocycles. The summed E-state index contributed by atoms with van der Waals surface area (Å²) < 4.78 is 0. The quantitative estimate of drug-likeness (QED) is 0.653. The van der Waals surface area contributed by atoms with Gasteiger partial charge in [0.1, 0.15) is 0 Å². The molecule has 0 aromatic rings. The Kier molecular flexibility index (Phi) is 5.62. The summed E-state index contributed by atoms with van der Waals surface area (Å²) in [4.78, 5) is 13.2. The molecule has 0 fully saturated rings. The van der Waals surface area contributed by atoms with Crippen LogP contribution in [0.5, 0.6) is 0 Å². The van der Waals surface area contributed by atoms with Gasteiger partial charge in [-0.1, -0.05) is 19.1 Å². The molecule has 4 heteroatoms. The Balaban J connectivity index is 3.79. The highest BCUT2D eigenvalue weighted by Crippen LogP contribution is 1.94. The zero-order valence-electron chi connectivity index (χ0n) is 7.67. The number of nitrogens with zero attached hydrogens (tertiary/aromatic N) is 1. The van der Waals surface area contributed by atoms with Crippen LogP contribution in [0.15, 0.2) is 0 Å². The van der Waals surface area contributed by atoms with Crippen LogP contribution in [-0.4, -0.2) is 28.9 Å². The van der Waals surface area contributed by atoms with Crippen molar-refractivity contribution in [2.45, 2.75) is 26.7 Å². The molecule has 3 nitrogen and oxygen atoms in total. The lowest BCUT2D eigenvalue weighted by atomic mass is 10.3. The molecule has 0 aliphatic rings. The van der Waals surface area contributed by atoms with Gasteiger partial charge in [-0.2, -0.15) is 0 Å². The van der Waals surface area contributed by atoms with E-state index in [4.69, 9.17) is 18.0 Å². The standard InChI is InChI=1S/C8H16N2OS/c1-3-5-10(7(2)11)6-4-8(9)12/h3-6H2,1-2H3,(H2,9,12). The molecule has 0 rings (SSSR count). The lowest BCUT2D eigenvalue weighted by Crippen LogP contribution is -2.32. The number of hydrogen-bond acceptors (Lipinski definition) is 2. The lowest BCUT2D eigenvalue weighted by molar-refractivity contribution is -0.128. The van der Waals surface area contributed by atoms with Crippen molar-refractivity contribution in [2.24, 2.45) is 5.73 Å². The van der Waals surface area contributed by atoms with Crippen LogP contribution in [0.1, 0.15) is 26.7 Å². The van der Waals surface area contributed by atoms with Crippen molar-refractivity contribution in [3.63, 3.8) is 0 Å². The fourth-order valence-electron chi connectivity index (χ4n) is 0.942. The maximum absolute atomic E-state index is 11.0. The van der Waals surface area contributed by atoms with Gasteiger partial charge in [-0.05, 0) is 6.42 Å². The second-order valence-corrected chi connectivity index (χ2v) is 3.25. The summed E-state index contributed by atoms with van der Waals surface area (Å²) in [7, 11) is 0. The van der Waals surface area contributed by atoms with E-state index in [-0.39, 0.29) is 5.91 Å². The van der Waals surface area contributed by atoms with Gasteiger partial charge in [-0.25, -0.2) is 0 Å². The number of carbonyl (C=O) groups is 1. The SMILES string of the molecule is CCCN(CCC(N)=S)C(C)=O. The number of amides is 1. The van der Waals surface area contributed by atoms with Crippen molar-refractivity contribution in [1.29, 1.82) is 0 Å². The summed E-state index contributed by atoms with van der Waals surface area (Å²) in [5.41, 5.74) is 5.33. The van der Waals surface area contributed by atoms with E-state index in [0.717, 1.165) is 13.0 Å². The topological polar surface area (TPSA) is 46.3 Å². The molecule has 0 radical (unpaired) electrons. The smallest absolute Gasteiger partial charge is 0.219 e. The van der Waals surface area contributed by atoms with E-state index in [1.54, 1.807) is 11.8 Å². The Morgan fingerprint density at radius 1 is 1.50 bits per heavy atom. The Morgan fingerprint density at radius 3 is 2.42 bits per heavy atom. The Labute approximate surface area is 78.9 Å². The van der Waals surface area contributed by atoms with E-state index in [0.29, 0.717) is 18.0 Å². The Bertz CT molecular complexity index is 170. The number of thiocarbonyl (C=S) groups is 1. The van der Waals surface area contributed by atoms with Gasteiger partial charge in [-0.3, -0.25) is 4.79 Å². The van der Waals surface area contributed by atoms with Crippen LogP contribution in [0.4, 0.5) is 0 Å². The first-order valence-corrected chi connectivity index (χ1v) is 4.52. The molecule has 0 aromatic heterocycles. The van der Waals surface area contributed by atoms with Crippen LogP contribution in [0, 0.1) is 0 Å². The van der Waals surface area contributed by atoms with Crippen molar-refractivity contribution < 1.29 is 4.79 Å². The molecule has 12 heavy (non-hydrogen) atoms. The second kappa shape index (κ2) is 5.94. The van der Waals surface area contributed by atoms with E-state index in [1.807, 2.05) is 6.92 Å². The van der Waals surface area contributed by atoms with Crippen LogP contribution in [-0.2, 0) is 4.79 Å².